The average molecular weight is 178 g/mol. The summed E-state index contributed by atoms with van der Waals surface area (Å²) in [5.74, 6) is 0.503. The van der Waals surface area contributed by atoms with Crippen LogP contribution in [0.15, 0.2) is 6.33 Å². The van der Waals surface area contributed by atoms with Crippen molar-refractivity contribution in [1.82, 2.24) is 9.97 Å². The molecule has 72 valence electrons. The SMILES string of the molecule is CCc1ncnc(C(C)C)c1CC. The summed E-state index contributed by atoms with van der Waals surface area (Å²) in [6, 6.07) is 0. The van der Waals surface area contributed by atoms with Gasteiger partial charge in [0.25, 0.3) is 0 Å². The smallest absolute Gasteiger partial charge is 0.115 e. The minimum absolute atomic E-state index is 0.503. The molecule has 0 aliphatic rings. The monoisotopic (exact) mass is 178 g/mol. The second-order valence-electron chi connectivity index (χ2n) is 3.55. The molecule has 1 rings (SSSR count). The van der Waals surface area contributed by atoms with Crippen LogP contribution in [0.4, 0.5) is 0 Å². The quantitative estimate of drug-likeness (QED) is 0.711. The van der Waals surface area contributed by atoms with Crippen molar-refractivity contribution in [2.24, 2.45) is 0 Å². The van der Waals surface area contributed by atoms with Crippen molar-refractivity contribution in [3.05, 3.63) is 23.3 Å². The topological polar surface area (TPSA) is 25.8 Å². The summed E-state index contributed by atoms with van der Waals surface area (Å²) in [5.41, 5.74) is 3.77. The molecule has 1 aromatic heterocycles. The predicted octanol–water partition coefficient (Wildman–Crippen LogP) is 2.72. The van der Waals surface area contributed by atoms with Gasteiger partial charge in [-0.15, -0.1) is 0 Å². The number of aromatic nitrogens is 2. The lowest BCUT2D eigenvalue weighted by atomic mass is 9.99. The predicted molar refractivity (Wildman–Crippen MR) is 54.9 cm³/mol. The van der Waals surface area contributed by atoms with Gasteiger partial charge in [0.15, 0.2) is 0 Å². The van der Waals surface area contributed by atoms with Crippen molar-refractivity contribution in [2.45, 2.75) is 46.5 Å². The van der Waals surface area contributed by atoms with Crippen molar-refractivity contribution < 1.29 is 0 Å². The van der Waals surface area contributed by atoms with Gasteiger partial charge in [0.05, 0.1) is 0 Å². The second kappa shape index (κ2) is 4.35. The third-order valence-electron chi connectivity index (χ3n) is 2.30. The Morgan fingerprint density at radius 3 is 2.31 bits per heavy atom. The molecule has 0 unspecified atom stereocenters. The maximum Gasteiger partial charge on any atom is 0.115 e. The molecule has 0 bridgehead atoms. The zero-order chi connectivity index (χ0) is 9.84. The fourth-order valence-electron chi connectivity index (χ4n) is 1.65. The zero-order valence-electron chi connectivity index (χ0n) is 8.96. The van der Waals surface area contributed by atoms with Gasteiger partial charge in [-0.25, -0.2) is 9.97 Å². The van der Waals surface area contributed by atoms with Gasteiger partial charge in [-0.05, 0) is 24.3 Å². The lowest BCUT2D eigenvalue weighted by Crippen LogP contribution is -2.05. The van der Waals surface area contributed by atoms with Gasteiger partial charge >= 0.3 is 0 Å². The number of aryl methyl sites for hydroxylation is 1. The largest absolute Gasteiger partial charge is 0.241 e. The maximum atomic E-state index is 4.35. The Labute approximate surface area is 80.4 Å². The molecule has 1 heterocycles. The fourth-order valence-corrected chi connectivity index (χ4v) is 1.65. The first-order valence-corrected chi connectivity index (χ1v) is 5.03. The molecule has 0 aliphatic carbocycles. The highest BCUT2D eigenvalue weighted by Crippen LogP contribution is 2.19. The highest BCUT2D eigenvalue weighted by atomic mass is 14.8. The normalized spacial score (nSPS) is 10.8. The van der Waals surface area contributed by atoms with E-state index in [1.54, 1.807) is 6.33 Å². The van der Waals surface area contributed by atoms with Gasteiger partial charge in [-0.3, -0.25) is 0 Å². The maximum absolute atomic E-state index is 4.35. The first-order chi connectivity index (χ1) is 6.20. The number of hydrogen-bond donors (Lipinski definition) is 0. The number of hydrogen-bond acceptors (Lipinski definition) is 2. The molecule has 2 heteroatoms. The lowest BCUT2D eigenvalue weighted by Gasteiger charge is -2.12. The summed E-state index contributed by atoms with van der Waals surface area (Å²) >= 11 is 0. The molecule has 0 saturated heterocycles. The van der Waals surface area contributed by atoms with Crippen LogP contribution < -0.4 is 0 Å². The molecule has 0 atom stereocenters. The van der Waals surface area contributed by atoms with Crippen LogP contribution in [-0.4, -0.2) is 9.97 Å². The standard InChI is InChI=1S/C11H18N2/c1-5-9-10(6-2)12-7-13-11(9)8(3)4/h7-8H,5-6H2,1-4H3. The van der Waals surface area contributed by atoms with Gasteiger partial charge in [-0.1, -0.05) is 27.7 Å². The molecule has 0 saturated carbocycles. The molecule has 0 amide bonds. The first kappa shape index (κ1) is 10.2. The average Bonchev–Trinajstić information content (AvgIpc) is 2.16. The van der Waals surface area contributed by atoms with E-state index in [9.17, 15) is 0 Å². The van der Waals surface area contributed by atoms with Crippen LogP contribution in [0.3, 0.4) is 0 Å². The van der Waals surface area contributed by atoms with Crippen LogP contribution in [0.2, 0.25) is 0 Å². The van der Waals surface area contributed by atoms with Crippen LogP contribution in [-0.2, 0) is 12.8 Å². The van der Waals surface area contributed by atoms with E-state index in [2.05, 4.69) is 37.7 Å². The third kappa shape index (κ3) is 2.06. The van der Waals surface area contributed by atoms with E-state index in [1.165, 1.54) is 17.0 Å². The Bertz CT molecular complexity index is 279. The van der Waals surface area contributed by atoms with Crippen molar-refractivity contribution in [3.8, 4) is 0 Å². The van der Waals surface area contributed by atoms with E-state index in [4.69, 9.17) is 0 Å². The Hall–Kier alpha value is -0.920. The Kier molecular flexibility index (Phi) is 3.40. The first-order valence-electron chi connectivity index (χ1n) is 5.03. The lowest BCUT2D eigenvalue weighted by molar-refractivity contribution is 0.771. The highest BCUT2D eigenvalue weighted by molar-refractivity contribution is 5.26. The summed E-state index contributed by atoms with van der Waals surface area (Å²) in [7, 11) is 0. The molecule has 1 aromatic rings. The van der Waals surface area contributed by atoms with Gasteiger partial charge in [0, 0.05) is 11.4 Å². The molecule has 0 fully saturated rings. The summed E-state index contributed by atoms with van der Waals surface area (Å²) in [4.78, 5) is 8.65. The summed E-state index contributed by atoms with van der Waals surface area (Å²) in [6.45, 7) is 8.68. The molecule has 13 heavy (non-hydrogen) atoms. The molecule has 2 nitrogen and oxygen atoms in total. The van der Waals surface area contributed by atoms with E-state index < -0.39 is 0 Å². The van der Waals surface area contributed by atoms with Crippen molar-refractivity contribution in [2.75, 3.05) is 0 Å². The fraction of sp³-hybridized carbons (Fsp3) is 0.636. The van der Waals surface area contributed by atoms with Crippen LogP contribution in [0.1, 0.15) is 50.6 Å². The Morgan fingerprint density at radius 1 is 1.15 bits per heavy atom. The molecule has 0 spiro atoms. The van der Waals surface area contributed by atoms with Crippen molar-refractivity contribution in [1.29, 1.82) is 0 Å². The zero-order valence-corrected chi connectivity index (χ0v) is 8.96. The van der Waals surface area contributed by atoms with Crippen LogP contribution in [0.25, 0.3) is 0 Å². The number of rotatable bonds is 3. The highest BCUT2D eigenvalue weighted by Gasteiger charge is 2.10. The molecule has 0 aliphatic heterocycles. The third-order valence-corrected chi connectivity index (χ3v) is 2.30. The van der Waals surface area contributed by atoms with Gasteiger partial charge in [-0.2, -0.15) is 0 Å². The summed E-state index contributed by atoms with van der Waals surface area (Å²) in [6.07, 6.45) is 3.73. The Morgan fingerprint density at radius 2 is 1.85 bits per heavy atom. The van der Waals surface area contributed by atoms with Crippen molar-refractivity contribution in [3.63, 3.8) is 0 Å². The molecular weight excluding hydrogens is 160 g/mol. The molecule has 0 N–H and O–H groups in total. The second-order valence-corrected chi connectivity index (χ2v) is 3.55. The van der Waals surface area contributed by atoms with Gasteiger partial charge < -0.3 is 0 Å². The van der Waals surface area contributed by atoms with E-state index in [-0.39, 0.29) is 0 Å². The van der Waals surface area contributed by atoms with Crippen LogP contribution in [0.5, 0.6) is 0 Å². The van der Waals surface area contributed by atoms with E-state index in [0.29, 0.717) is 5.92 Å². The minimum atomic E-state index is 0.503. The van der Waals surface area contributed by atoms with Gasteiger partial charge in [0.1, 0.15) is 6.33 Å². The van der Waals surface area contributed by atoms with E-state index in [0.717, 1.165) is 12.8 Å². The van der Waals surface area contributed by atoms with Crippen LogP contribution >= 0.6 is 0 Å². The van der Waals surface area contributed by atoms with E-state index in [1.807, 2.05) is 0 Å². The van der Waals surface area contributed by atoms with Gasteiger partial charge in [0.2, 0.25) is 0 Å². The molecule has 0 radical (unpaired) electrons. The Balaban J connectivity index is 3.19. The summed E-state index contributed by atoms with van der Waals surface area (Å²) < 4.78 is 0. The number of nitrogens with zero attached hydrogens (tertiary/aromatic N) is 2. The van der Waals surface area contributed by atoms with Crippen LogP contribution in [0, 0.1) is 0 Å². The summed E-state index contributed by atoms with van der Waals surface area (Å²) in [5, 5.41) is 0. The minimum Gasteiger partial charge on any atom is -0.241 e. The van der Waals surface area contributed by atoms with Crippen molar-refractivity contribution >= 4 is 0 Å². The molecule has 0 aromatic carbocycles. The molecular formula is C11H18N2. The van der Waals surface area contributed by atoms with E-state index >= 15 is 0 Å².